The van der Waals surface area contributed by atoms with Crippen molar-refractivity contribution < 1.29 is 14.3 Å². The van der Waals surface area contributed by atoms with Gasteiger partial charge < -0.3 is 19.4 Å². The topological polar surface area (TPSA) is 70.9 Å². The van der Waals surface area contributed by atoms with Gasteiger partial charge in [-0.3, -0.25) is 9.48 Å². The molecule has 4 heterocycles. The maximum atomic E-state index is 12.3. The summed E-state index contributed by atoms with van der Waals surface area (Å²) >= 11 is 0. The Morgan fingerprint density at radius 3 is 2.61 bits per heavy atom. The summed E-state index contributed by atoms with van der Waals surface area (Å²) in [4.78, 5) is 30.6. The van der Waals surface area contributed by atoms with E-state index in [1.165, 1.54) is 5.69 Å². The van der Waals surface area contributed by atoms with Crippen LogP contribution in [0, 0.1) is 24.2 Å². The number of piperidine rings is 1. The predicted octanol–water partition coefficient (Wildman–Crippen LogP) is 2.68. The molecule has 1 aromatic heterocycles. The Morgan fingerprint density at radius 2 is 1.94 bits per heavy atom. The van der Waals surface area contributed by atoms with Gasteiger partial charge in [0.15, 0.2) is 5.82 Å². The first-order valence-electron chi connectivity index (χ1n) is 11.6. The van der Waals surface area contributed by atoms with E-state index >= 15 is 0 Å². The van der Waals surface area contributed by atoms with E-state index in [2.05, 4.69) is 22.6 Å². The molecule has 0 aromatic carbocycles. The molecule has 0 radical (unpaired) electrons. The number of rotatable bonds is 2. The number of hydrogen-bond donors (Lipinski definition) is 0. The molecule has 0 bridgehead atoms. The summed E-state index contributed by atoms with van der Waals surface area (Å²) in [6.07, 6.45) is 2.86. The highest BCUT2D eigenvalue weighted by molar-refractivity contribution is 5.81. The average Bonchev–Trinajstić information content (AvgIpc) is 3.11. The molecule has 8 nitrogen and oxygen atoms in total. The second-order valence-electron chi connectivity index (χ2n) is 11.3. The molecule has 2 atom stereocenters. The second-order valence-corrected chi connectivity index (χ2v) is 11.3. The van der Waals surface area contributed by atoms with Gasteiger partial charge in [-0.1, -0.05) is 0 Å². The molecule has 1 saturated carbocycles. The van der Waals surface area contributed by atoms with Crippen molar-refractivity contribution in [2.24, 2.45) is 17.3 Å². The first-order chi connectivity index (χ1) is 14.5. The van der Waals surface area contributed by atoms with Crippen molar-refractivity contribution in [3.63, 3.8) is 0 Å². The third kappa shape index (κ3) is 3.57. The Balaban J connectivity index is 1.17. The van der Waals surface area contributed by atoms with Gasteiger partial charge in [0.1, 0.15) is 5.60 Å². The van der Waals surface area contributed by atoms with Crippen LogP contribution in [0.25, 0.3) is 0 Å². The van der Waals surface area contributed by atoms with Gasteiger partial charge in [0.2, 0.25) is 5.91 Å². The minimum atomic E-state index is -0.444. The Hall–Kier alpha value is -2.25. The van der Waals surface area contributed by atoms with Crippen LogP contribution in [0.4, 0.5) is 10.6 Å². The lowest BCUT2D eigenvalue weighted by Gasteiger charge is -2.58. The van der Waals surface area contributed by atoms with Gasteiger partial charge in [-0.15, -0.1) is 0 Å². The molecule has 3 aliphatic heterocycles. The molecular weight excluding hydrogens is 394 g/mol. The van der Waals surface area contributed by atoms with Crippen molar-refractivity contribution in [3.8, 4) is 0 Å². The highest BCUT2D eigenvalue weighted by Gasteiger charge is 2.55. The highest BCUT2D eigenvalue weighted by Crippen LogP contribution is 2.54. The number of likely N-dealkylation sites (tertiary alicyclic amines) is 2. The van der Waals surface area contributed by atoms with Crippen LogP contribution in [-0.2, 0) is 9.53 Å². The first-order valence-corrected chi connectivity index (χ1v) is 11.6. The molecule has 1 aromatic rings. The van der Waals surface area contributed by atoms with Gasteiger partial charge in [0, 0.05) is 68.8 Å². The number of anilines is 1. The van der Waals surface area contributed by atoms with Crippen LogP contribution in [0.3, 0.4) is 0 Å². The summed E-state index contributed by atoms with van der Waals surface area (Å²) in [6, 6.07) is 2.60. The van der Waals surface area contributed by atoms with Crippen LogP contribution in [0.5, 0.6) is 0 Å². The van der Waals surface area contributed by atoms with Crippen molar-refractivity contribution in [3.05, 3.63) is 11.8 Å². The van der Waals surface area contributed by atoms with Crippen molar-refractivity contribution in [2.45, 2.75) is 58.6 Å². The maximum Gasteiger partial charge on any atom is 0.410 e. The van der Waals surface area contributed by atoms with E-state index < -0.39 is 5.60 Å². The van der Waals surface area contributed by atoms with Crippen LogP contribution in [0.15, 0.2) is 6.07 Å². The molecule has 1 spiro atoms. The molecule has 4 fully saturated rings. The van der Waals surface area contributed by atoms with E-state index in [-0.39, 0.29) is 17.4 Å². The fourth-order valence-electron chi connectivity index (χ4n) is 6.06. The monoisotopic (exact) mass is 429 g/mol. The molecule has 0 N–H and O–H groups in total. The lowest BCUT2D eigenvalue weighted by molar-refractivity contribution is -0.130. The van der Waals surface area contributed by atoms with Crippen molar-refractivity contribution in [1.29, 1.82) is 0 Å². The number of nitrogens with zero attached hydrogens (tertiary/aromatic N) is 5. The number of fused-ring (bicyclic) bond motifs is 1. The van der Waals surface area contributed by atoms with Gasteiger partial charge in [0.05, 0.1) is 6.04 Å². The van der Waals surface area contributed by atoms with E-state index in [9.17, 15) is 9.59 Å². The number of ether oxygens (including phenoxy) is 1. The molecule has 4 aliphatic rings. The van der Waals surface area contributed by atoms with E-state index in [0.717, 1.165) is 57.8 Å². The Morgan fingerprint density at radius 1 is 1.23 bits per heavy atom. The molecule has 2 amide bonds. The zero-order valence-electron chi connectivity index (χ0n) is 19.4. The van der Waals surface area contributed by atoms with Crippen LogP contribution in [0.2, 0.25) is 0 Å². The SMILES string of the molecule is Cc1cc(N2CC[C@@H]3C(=O)N(C)C[C@@H]3C2)nn1C1CC2(C1)CN(C(=O)OC(C)(C)C)C2. The molecule has 3 saturated heterocycles. The highest BCUT2D eigenvalue weighted by atomic mass is 16.6. The number of amides is 2. The summed E-state index contributed by atoms with van der Waals surface area (Å²) in [5.41, 5.74) is 0.993. The van der Waals surface area contributed by atoms with Crippen LogP contribution < -0.4 is 4.90 Å². The third-order valence-corrected chi connectivity index (χ3v) is 7.56. The zero-order valence-corrected chi connectivity index (χ0v) is 19.4. The Bertz CT molecular complexity index is 890. The number of carbonyl (C=O) groups is 2. The fourth-order valence-corrected chi connectivity index (χ4v) is 6.06. The molecule has 1 aliphatic carbocycles. The number of hydrogen-bond acceptors (Lipinski definition) is 5. The number of carbonyl (C=O) groups excluding carboxylic acids is 2. The van der Waals surface area contributed by atoms with Gasteiger partial charge in [-0.2, -0.15) is 5.10 Å². The summed E-state index contributed by atoms with van der Waals surface area (Å²) in [6.45, 7) is 12.1. The summed E-state index contributed by atoms with van der Waals surface area (Å²) < 4.78 is 7.68. The van der Waals surface area contributed by atoms with Crippen LogP contribution >= 0.6 is 0 Å². The fraction of sp³-hybridized carbons (Fsp3) is 0.783. The summed E-state index contributed by atoms with van der Waals surface area (Å²) in [7, 11) is 1.92. The lowest BCUT2D eigenvalue weighted by Crippen LogP contribution is -2.64. The van der Waals surface area contributed by atoms with E-state index in [1.54, 1.807) is 0 Å². The van der Waals surface area contributed by atoms with Crippen LogP contribution in [0.1, 0.15) is 51.8 Å². The minimum absolute atomic E-state index is 0.196. The van der Waals surface area contributed by atoms with E-state index in [4.69, 9.17) is 9.84 Å². The molecule has 0 unspecified atom stereocenters. The average molecular weight is 430 g/mol. The van der Waals surface area contributed by atoms with Crippen molar-refractivity contribution >= 4 is 17.8 Å². The minimum Gasteiger partial charge on any atom is -0.444 e. The van der Waals surface area contributed by atoms with Crippen LogP contribution in [-0.4, -0.2) is 77.0 Å². The predicted molar refractivity (Wildman–Crippen MR) is 117 cm³/mol. The van der Waals surface area contributed by atoms with Gasteiger partial charge in [-0.25, -0.2) is 4.79 Å². The molecule has 31 heavy (non-hydrogen) atoms. The molecule has 8 heteroatoms. The quantitative estimate of drug-likeness (QED) is 0.723. The van der Waals surface area contributed by atoms with Gasteiger partial charge in [0.25, 0.3) is 0 Å². The van der Waals surface area contributed by atoms with Gasteiger partial charge in [-0.05, 0) is 47.0 Å². The number of aryl methyl sites for hydroxylation is 1. The van der Waals surface area contributed by atoms with Gasteiger partial charge >= 0.3 is 6.09 Å². The summed E-state index contributed by atoms with van der Waals surface area (Å²) in [5.74, 6) is 1.97. The third-order valence-electron chi connectivity index (χ3n) is 7.56. The van der Waals surface area contributed by atoms with Crippen molar-refractivity contribution in [1.82, 2.24) is 19.6 Å². The number of aromatic nitrogens is 2. The molecule has 170 valence electrons. The molecular formula is C23H35N5O3. The molecule has 5 rings (SSSR count). The first kappa shape index (κ1) is 20.6. The Labute approximate surface area is 184 Å². The van der Waals surface area contributed by atoms with Crippen molar-refractivity contribution in [2.75, 3.05) is 44.7 Å². The van der Waals surface area contributed by atoms with E-state index in [1.807, 2.05) is 37.6 Å². The summed E-state index contributed by atoms with van der Waals surface area (Å²) in [5, 5.41) is 4.97. The smallest absolute Gasteiger partial charge is 0.410 e. The normalized spacial score (nSPS) is 27.9. The largest absolute Gasteiger partial charge is 0.444 e. The van der Waals surface area contributed by atoms with E-state index in [0.29, 0.717) is 17.9 Å². The second kappa shape index (κ2) is 6.87. The maximum absolute atomic E-state index is 12.3. The Kier molecular flexibility index (Phi) is 4.58. The zero-order chi connectivity index (χ0) is 22.1. The lowest BCUT2D eigenvalue weighted by atomic mass is 9.61. The standard InChI is InChI=1S/C23H35N5O3/c1-15-8-19(26-7-6-18-16(12-26)11-25(5)20(18)29)24-28(15)17-9-23(10-17)13-27(14-23)21(30)31-22(2,3)4/h8,16-18H,6-7,9-14H2,1-5H3/t16-,18+/m1/s1.